The lowest BCUT2D eigenvalue weighted by molar-refractivity contribution is 0.101. The lowest BCUT2D eigenvalue weighted by Gasteiger charge is -2.04. The van der Waals surface area contributed by atoms with Gasteiger partial charge in [0.1, 0.15) is 16.8 Å². The molecule has 22 heavy (non-hydrogen) atoms. The molecule has 120 valence electrons. The van der Waals surface area contributed by atoms with Crippen LogP contribution in [-0.2, 0) is 11.3 Å². The molecule has 0 bridgehead atoms. The Labute approximate surface area is 133 Å². The number of aryl methyl sites for hydroxylation is 1. The largest absolute Gasteiger partial charge is 0.374 e. The summed E-state index contributed by atoms with van der Waals surface area (Å²) in [6, 6.07) is 1.82. The zero-order valence-corrected chi connectivity index (χ0v) is 14.3. The second-order valence-corrected chi connectivity index (χ2v) is 6.21. The number of hydrogen-bond acceptors (Lipinski definition) is 6. The van der Waals surface area contributed by atoms with E-state index < -0.39 is 0 Å². The van der Waals surface area contributed by atoms with Gasteiger partial charge in [-0.3, -0.25) is 14.8 Å². The molecule has 1 amide bonds. The lowest BCUT2D eigenvalue weighted by Crippen LogP contribution is -2.17. The van der Waals surface area contributed by atoms with Gasteiger partial charge in [0.05, 0.1) is 5.69 Å². The molecule has 0 aromatic carbocycles. The number of nitrogens with one attached hydrogen (secondary N) is 1. The maximum atomic E-state index is 12.4. The molecule has 0 aliphatic heterocycles. The number of ether oxygens (including phenoxy) is 1. The molecule has 2 aromatic rings. The Kier molecular flexibility index (Phi) is 5.25. The van der Waals surface area contributed by atoms with Gasteiger partial charge in [-0.15, -0.1) is 10.2 Å². The number of methoxy groups -OCH3 is 1. The lowest BCUT2D eigenvalue weighted by atomic mass is 10.1. The predicted molar refractivity (Wildman–Crippen MR) is 85.3 cm³/mol. The summed E-state index contributed by atoms with van der Waals surface area (Å²) < 4.78 is 6.89. The minimum Gasteiger partial charge on any atom is -0.374 e. The monoisotopic (exact) mass is 323 g/mol. The van der Waals surface area contributed by atoms with Crippen molar-refractivity contribution in [1.29, 1.82) is 0 Å². The van der Waals surface area contributed by atoms with Gasteiger partial charge >= 0.3 is 0 Å². The van der Waals surface area contributed by atoms with Crippen molar-refractivity contribution in [2.75, 3.05) is 12.4 Å². The van der Waals surface area contributed by atoms with Crippen LogP contribution < -0.4 is 5.32 Å². The first-order valence-electron chi connectivity index (χ1n) is 7.21. The van der Waals surface area contributed by atoms with Crippen LogP contribution >= 0.6 is 11.3 Å². The number of amides is 1. The first-order chi connectivity index (χ1) is 10.5. The molecular formula is C14H21N5O2S. The van der Waals surface area contributed by atoms with Gasteiger partial charge in [-0.1, -0.05) is 25.2 Å². The van der Waals surface area contributed by atoms with E-state index in [1.807, 2.05) is 33.8 Å². The Bertz CT molecular complexity index is 649. The van der Waals surface area contributed by atoms with Crippen LogP contribution in [0.1, 0.15) is 60.9 Å². The highest BCUT2D eigenvalue weighted by atomic mass is 32.1. The summed E-state index contributed by atoms with van der Waals surface area (Å²) in [6.45, 7) is 8.57. The molecule has 0 saturated carbocycles. The van der Waals surface area contributed by atoms with E-state index in [9.17, 15) is 4.79 Å². The van der Waals surface area contributed by atoms with E-state index in [2.05, 4.69) is 20.6 Å². The van der Waals surface area contributed by atoms with Crippen LogP contribution in [0.3, 0.4) is 0 Å². The van der Waals surface area contributed by atoms with Crippen molar-refractivity contribution in [1.82, 2.24) is 20.0 Å². The van der Waals surface area contributed by atoms with Crippen LogP contribution in [0.4, 0.5) is 5.13 Å². The first-order valence-corrected chi connectivity index (χ1v) is 8.03. The van der Waals surface area contributed by atoms with E-state index in [1.54, 1.807) is 11.8 Å². The summed E-state index contributed by atoms with van der Waals surface area (Å²) in [5.74, 6) is 0.0454. The average molecular weight is 323 g/mol. The molecule has 7 nitrogen and oxygen atoms in total. The third-order valence-electron chi connectivity index (χ3n) is 3.28. The van der Waals surface area contributed by atoms with Gasteiger partial charge in [-0.05, 0) is 25.8 Å². The van der Waals surface area contributed by atoms with Crippen LogP contribution in [0, 0.1) is 0 Å². The number of aromatic nitrogens is 4. The Morgan fingerprint density at radius 2 is 2.14 bits per heavy atom. The Morgan fingerprint density at radius 3 is 2.73 bits per heavy atom. The van der Waals surface area contributed by atoms with Crippen LogP contribution in [0.25, 0.3) is 0 Å². The van der Waals surface area contributed by atoms with E-state index in [1.165, 1.54) is 11.3 Å². The van der Waals surface area contributed by atoms with Crippen LogP contribution in [-0.4, -0.2) is 33.0 Å². The highest BCUT2D eigenvalue weighted by molar-refractivity contribution is 7.15. The SMILES string of the molecule is CCn1nc(C(C)C)cc1C(=O)Nc1nnc(C(C)OC)s1. The topological polar surface area (TPSA) is 81.9 Å². The minimum atomic E-state index is -0.228. The Morgan fingerprint density at radius 1 is 1.41 bits per heavy atom. The smallest absolute Gasteiger partial charge is 0.275 e. The van der Waals surface area contributed by atoms with Gasteiger partial charge in [0.2, 0.25) is 5.13 Å². The summed E-state index contributed by atoms with van der Waals surface area (Å²) >= 11 is 1.31. The number of carbonyl (C=O) groups is 1. The van der Waals surface area contributed by atoms with Crippen molar-refractivity contribution >= 4 is 22.4 Å². The van der Waals surface area contributed by atoms with Gasteiger partial charge in [0, 0.05) is 13.7 Å². The molecule has 2 heterocycles. The molecule has 0 aliphatic rings. The summed E-state index contributed by atoms with van der Waals surface area (Å²) in [5, 5.41) is 16.4. The number of anilines is 1. The molecule has 0 aliphatic carbocycles. The van der Waals surface area contributed by atoms with Crippen LogP contribution in [0.5, 0.6) is 0 Å². The molecule has 0 radical (unpaired) electrons. The molecule has 1 N–H and O–H groups in total. The second-order valence-electron chi connectivity index (χ2n) is 5.20. The van der Waals surface area contributed by atoms with E-state index in [0.717, 1.165) is 10.7 Å². The highest BCUT2D eigenvalue weighted by Crippen LogP contribution is 2.24. The van der Waals surface area contributed by atoms with Crippen molar-refractivity contribution in [3.8, 4) is 0 Å². The molecule has 2 aromatic heterocycles. The summed E-state index contributed by atoms with van der Waals surface area (Å²) in [4.78, 5) is 12.4. The fraction of sp³-hybridized carbons (Fsp3) is 0.571. The second kappa shape index (κ2) is 6.97. The van der Waals surface area contributed by atoms with Crippen molar-refractivity contribution in [2.45, 2.75) is 46.3 Å². The van der Waals surface area contributed by atoms with E-state index in [4.69, 9.17) is 4.74 Å². The van der Waals surface area contributed by atoms with Crippen LogP contribution in [0.15, 0.2) is 6.07 Å². The van der Waals surface area contributed by atoms with Gasteiger partial charge in [-0.2, -0.15) is 5.10 Å². The molecule has 2 rings (SSSR count). The van der Waals surface area contributed by atoms with E-state index in [-0.39, 0.29) is 17.9 Å². The maximum absolute atomic E-state index is 12.4. The Balaban J connectivity index is 2.17. The molecule has 0 saturated heterocycles. The van der Waals surface area contributed by atoms with Gasteiger partial charge in [0.25, 0.3) is 5.91 Å². The number of hydrogen-bond donors (Lipinski definition) is 1. The highest BCUT2D eigenvalue weighted by Gasteiger charge is 2.18. The van der Waals surface area contributed by atoms with Crippen molar-refractivity contribution in [2.24, 2.45) is 0 Å². The molecule has 0 fully saturated rings. The number of carbonyl (C=O) groups excluding carboxylic acids is 1. The standard InChI is InChI=1S/C14H21N5O2S/c1-6-19-11(7-10(18-19)8(2)3)12(20)15-14-17-16-13(22-14)9(4)21-5/h7-9H,6H2,1-5H3,(H,15,17,20). The summed E-state index contributed by atoms with van der Waals surface area (Å²) in [7, 11) is 1.61. The van der Waals surface area contributed by atoms with E-state index in [0.29, 0.717) is 17.4 Å². The molecular weight excluding hydrogens is 302 g/mol. The van der Waals surface area contributed by atoms with Crippen molar-refractivity contribution in [3.05, 3.63) is 22.5 Å². The average Bonchev–Trinajstić information content (AvgIpc) is 3.12. The van der Waals surface area contributed by atoms with Gasteiger partial charge in [0.15, 0.2) is 0 Å². The van der Waals surface area contributed by atoms with Crippen molar-refractivity contribution < 1.29 is 9.53 Å². The maximum Gasteiger partial charge on any atom is 0.275 e. The third-order valence-corrected chi connectivity index (χ3v) is 4.28. The number of rotatable bonds is 6. The Hall–Kier alpha value is -1.80. The normalized spacial score (nSPS) is 12.6. The zero-order chi connectivity index (χ0) is 16.3. The summed E-state index contributed by atoms with van der Waals surface area (Å²) in [5.41, 5.74) is 1.43. The molecule has 8 heteroatoms. The molecule has 1 unspecified atom stereocenters. The quantitative estimate of drug-likeness (QED) is 0.884. The fourth-order valence-corrected chi connectivity index (χ4v) is 2.62. The predicted octanol–water partition coefficient (Wildman–Crippen LogP) is 2.84. The van der Waals surface area contributed by atoms with E-state index >= 15 is 0 Å². The minimum absolute atomic E-state index is 0.142. The third kappa shape index (κ3) is 3.50. The fourth-order valence-electron chi connectivity index (χ4n) is 1.85. The summed E-state index contributed by atoms with van der Waals surface area (Å²) in [6.07, 6.45) is -0.142. The van der Waals surface area contributed by atoms with Crippen molar-refractivity contribution in [3.63, 3.8) is 0 Å². The molecule has 1 atom stereocenters. The van der Waals surface area contributed by atoms with Gasteiger partial charge < -0.3 is 4.74 Å². The zero-order valence-electron chi connectivity index (χ0n) is 13.5. The molecule has 0 spiro atoms. The number of nitrogens with zero attached hydrogens (tertiary/aromatic N) is 4. The van der Waals surface area contributed by atoms with Crippen LogP contribution in [0.2, 0.25) is 0 Å². The van der Waals surface area contributed by atoms with Gasteiger partial charge in [-0.25, -0.2) is 0 Å². The first kappa shape index (κ1) is 16.6.